The minimum atomic E-state index is -0.774. The lowest BCUT2D eigenvalue weighted by atomic mass is 10.1. The molecule has 0 fully saturated rings. The summed E-state index contributed by atoms with van der Waals surface area (Å²) in [6, 6.07) is 27.1. The van der Waals surface area contributed by atoms with Crippen molar-refractivity contribution in [2.24, 2.45) is 0 Å². The second kappa shape index (κ2) is 7.62. The van der Waals surface area contributed by atoms with Crippen molar-refractivity contribution in [1.82, 2.24) is 0 Å². The number of para-hydroxylation sites is 2. The molecule has 0 aliphatic heterocycles. The molecule has 0 bridgehead atoms. The molecule has 32 heavy (non-hydrogen) atoms. The Morgan fingerprint density at radius 1 is 0.562 bits per heavy atom. The van der Waals surface area contributed by atoms with Crippen LogP contribution >= 0.6 is 0 Å². The van der Waals surface area contributed by atoms with E-state index in [-0.39, 0.29) is 13.2 Å². The van der Waals surface area contributed by atoms with E-state index in [1.54, 1.807) is 0 Å². The van der Waals surface area contributed by atoms with Crippen molar-refractivity contribution < 1.29 is 23.4 Å². The summed E-state index contributed by atoms with van der Waals surface area (Å²) in [5.41, 5.74) is 3.31. The Labute approximate surface area is 183 Å². The molecule has 0 aliphatic carbocycles. The van der Waals surface area contributed by atoms with Crippen molar-refractivity contribution in [3.05, 3.63) is 84.9 Å². The third-order valence-corrected chi connectivity index (χ3v) is 5.58. The normalized spacial score (nSPS) is 11.8. The number of aliphatic hydroxyl groups excluding tert-OH is 1. The Bertz CT molecular complexity index is 1440. The van der Waals surface area contributed by atoms with Crippen LogP contribution in [0.5, 0.6) is 11.5 Å². The molecule has 0 amide bonds. The van der Waals surface area contributed by atoms with Crippen LogP contribution in [0.4, 0.5) is 0 Å². The molecule has 0 spiro atoms. The zero-order valence-corrected chi connectivity index (χ0v) is 17.2. The zero-order chi connectivity index (χ0) is 21.5. The van der Waals surface area contributed by atoms with Crippen LogP contribution in [0.15, 0.2) is 93.8 Å². The molecule has 0 radical (unpaired) electrons. The second-order valence-electron chi connectivity index (χ2n) is 7.79. The first-order valence-corrected chi connectivity index (χ1v) is 10.5. The summed E-state index contributed by atoms with van der Waals surface area (Å²) in [5, 5.41) is 14.4. The molecule has 2 heterocycles. The van der Waals surface area contributed by atoms with Gasteiger partial charge in [-0.15, -0.1) is 0 Å². The number of hydrogen-bond acceptors (Lipinski definition) is 5. The summed E-state index contributed by atoms with van der Waals surface area (Å²) in [6.45, 7) is 0.246. The largest absolute Gasteiger partial charge is 0.491 e. The van der Waals surface area contributed by atoms with E-state index >= 15 is 0 Å². The van der Waals surface area contributed by atoms with Crippen LogP contribution in [0.2, 0.25) is 0 Å². The van der Waals surface area contributed by atoms with Gasteiger partial charge in [0.15, 0.2) is 0 Å². The first kappa shape index (κ1) is 18.8. The minimum Gasteiger partial charge on any atom is -0.491 e. The molecule has 0 saturated carbocycles. The summed E-state index contributed by atoms with van der Waals surface area (Å²) in [6.07, 6.45) is -0.774. The van der Waals surface area contributed by atoms with Gasteiger partial charge >= 0.3 is 0 Å². The van der Waals surface area contributed by atoms with Crippen LogP contribution in [-0.4, -0.2) is 24.4 Å². The fourth-order valence-electron chi connectivity index (χ4n) is 4.02. The monoisotopic (exact) mass is 424 g/mol. The van der Waals surface area contributed by atoms with Crippen LogP contribution in [-0.2, 0) is 0 Å². The van der Waals surface area contributed by atoms with E-state index in [0.29, 0.717) is 11.5 Å². The quantitative estimate of drug-likeness (QED) is 0.340. The Kier molecular flexibility index (Phi) is 4.47. The summed E-state index contributed by atoms with van der Waals surface area (Å²) in [4.78, 5) is 0. The van der Waals surface area contributed by atoms with Gasteiger partial charge in [-0.1, -0.05) is 36.4 Å². The van der Waals surface area contributed by atoms with Crippen molar-refractivity contribution >= 4 is 43.9 Å². The Balaban J connectivity index is 1.13. The van der Waals surface area contributed by atoms with E-state index in [1.165, 1.54) is 0 Å². The first-order chi connectivity index (χ1) is 15.7. The fraction of sp³-hybridized carbons (Fsp3) is 0.111. The predicted octanol–water partition coefficient (Wildman–Crippen LogP) is 6.30. The molecule has 2 aromatic heterocycles. The molecule has 158 valence electrons. The second-order valence-corrected chi connectivity index (χ2v) is 7.79. The van der Waals surface area contributed by atoms with Crippen molar-refractivity contribution in [3.8, 4) is 11.5 Å². The number of fused-ring (bicyclic) bond motifs is 6. The van der Waals surface area contributed by atoms with Gasteiger partial charge in [-0.25, -0.2) is 0 Å². The highest BCUT2D eigenvalue weighted by Crippen LogP contribution is 2.32. The smallest absolute Gasteiger partial charge is 0.135 e. The zero-order valence-electron chi connectivity index (χ0n) is 17.2. The van der Waals surface area contributed by atoms with Gasteiger partial charge in [0.1, 0.15) is 53.1 Å². The molecule has 5 nitrogen and oxygen atoms in total. The molecule has 5 heteroatoms. The SMILES string of the molecule is OC(COc1ccc2oc3ccccc3c2c1)COc1ccc2oc3ccccc3c2c1. The van der Waals surface area contributed by atoms with E-state index in [2.05, 4.69) is 0 Å². The fourth-order valence-corrected chi connectivity index (χ4v) is 4.02. The molecule has 6 rings (SSSR count). The standard InChI is InChI=1S/C27H20O5/c28-17(15-29-18-9-11-26-22(13-18)20-5-1-3-7-24(20)31-26)16-30-19-10-12-27-23(14-19)21-6-2-4-8-25(21)32-27/h1-14,17,28H,15-16H2. The maximum Gasteiger partial charge on any atom is 0.135 e. The Morgan fingerprint density at radius 3 is 1.50 bits per heavy atom. The molecule has 0 atom stereocenters. The number of ether oxygens (including phenoxy) is 2. The van der Waals surface area contributed by atoms with E-state index in [4.69, 9.17) is 18.3 Å². The topological polar surface area (TPSA) is 65.0 Å². The van der Waals surface area contributed by atoms with E-state index in [9.17, 15) is 5.11 Å². The van der Waals surface area contributed by atoms with Crippen LogP contribution in [0.3, 0.4) is 0 Å². The highest BCUT2D eigenvalue weighted by atomic mass is 16.5. The Morgan fingerprint density at radius 2 is 1.00 bits per heavy atom. The van der Waals surface area contributed by atoms with Crippen molar-refractivity contribution in [2.75, 3.05) is 13.2 Å². The highest BCUT2D eigenvalue weighted by Gasteiger charge is 2.12. The predicted molar refractivity (Wildman–Crippen MR) is 124 cm³/mol. The van der Waals surface area contributed by atoms with Crippen molar-refractivity contribution in [1.29, 1.82) is 0 Å². The van der Waals surface area contributed by atoms with Crippen LogP contribution < -0.4 is 9.47 Å². The Hall–Kier alpha value is -3.96. The molecule has 6 aromatic rings. The van der Waals surface area contributed by atoms with Crippen LogP contribution in [0, 0.1) is 0 Å². The van der Waals surface area contributed by atoms with Gasteiger partial charge in [-0.2, -0.15) is 0 Å². The lowest BCUT2D eigenvalue weighted by Crippen LogP contribution is -2.25. The number of aliphatic hydroxyl groups is 1. The average Bonchev–Trinajstić information content (AvgIpc) is 3.39. The van der Waals surface area contributed by atoms with Crippen LogP contribution in [0.1, 0.15) is 0 Å². The van der Waals surface area contributed by atoms with Crippen molar-refractivity contribution in [2.45, 2.75) is 6.10 Å². The average molecular weight is 424 g/mol. The number of rotatable bonds is 6. The van der Waals surface area contributed by atoms with E-state index in [0.717, 1.165) is 43.9 Å². The highest BCUT2D eigenvalue weighted by molar-refractivity contribution is 6.06. The molecule has 4 aromatic carbocycles. The lowest BCUT2D eigenvalue weighted by molar-refractivity contribution is 0.0627. The summed E-state index contributed by atoms with van der Waals surface area (Å²) < 4.78 is 23.3. The third kappa shape index (κ3) is 3.33. The van der Waals surface area contributed by atoms with Gasteiger partial charge in [-0.3, -0.25) is 0 Å². The number of hydrogen-bond donors (Lipinski definition) is 1. The summed E-state index contributed by atoms with van der Waals surface area (Å²) in [5.74, 6) is 1.35. The summed E-state index contributed by atoms with van der Waals surface area (Å²) >= 11 is 0. The molecule has 1 N–H and O–H groups in total. The number of benzene rings is 4. The molecule has 0 saturated heterocycles. The van der Waals surface area contributed by atoms with Crippen molar-refractivity contribution in [3.63, 3.8) is 0 Å². The van der Waals surface area contributed by atoms with Gasteiger partial charge in [0.05, 0.1) is 0 Å². The van der Waals surface area contributed by atoms with E-state index in [1.807, 2.05) is 84.9 Å². The first-order valence-electron chi connectivity index (χ1n) is 10.5. The van der Waals surface area contributed by atoms with Gasteiger partial charge in [0.25, 0.3) is 0 Å². The molecule has 0 unspecified atom stereocenters. The molecular weight excluding hydrogens is 404 g/mol. The molecule has 0 aliphatic rings. The maximum absolute atomic E-state index is 10.4. The van der Waals surface area contributed by atoms with E-state index < -0.39 is 6.10 Å². The third-order valence-electron chi connectivity index (χ3n) is 5.58. The van der Waals surface area contributed by atoms with Gasteiger partial charge in [0.2, 0.25) is 0 Å². The lowest BCUT2D eigenvalue weighted by Gasteiger charge is -2.13. The molecular formula is C27H20O5. The summed E-state index contributed by atoms with van der Waals surface area (Å²) in [7, 11) is 0. The van der Waals surface area contributed by atoms with Crippen LogP contribution in [0.25, 0.3) is 43.9 Å². The van der Waals surface area contributed by atoms with Gasteiger partial charge < -0.3 is 23.4 Å². The minimum absolute atomic E-state index is 0.123. The van der Waals surface area contributed by atoms with Gasteiger partial charge in [-0.05, 0) is 48.5 Å². The van der Waals surface area contributed by atoms with Gasteiger partial charge in [0, 0.05) is 21.5 Å². The number of furan rings is 2. The maximum atomic E-state index is 10.4.